The Balaban J connectivity index is 1.32. The van der Waals surface area contributed by atoms with Gasteiger partial charge in [0.25, 0.3) is 0 Å². The molecule has 0 spiro atoms. The summed E-state index contributed by atoms with van der Waals surface area (Å²) in [4.78, 5) is 41.3. The van der Waals surface area contributed by atoms with Crippen molar-refractivity contribution >= 4 is 28.6 Å². The molecule has 134 valence electrons. The summed E-state index contributed by atoms with van der Waals surface area (Å²) in [6.45, 7) is 0.282. The predicted molar refractivity (Wildman–Crippen MR) is 97.1 cm³/mol. The number of hydrogen-bond donors (Lipinski definition) is 2. The number of fused-ring (bicyclic) bond motifs is 2. The van der Waals surface area contributed by atoms with Crippen LogP contribution in [-0.2, 0) is 20.8 Å². The number of benzene rings is 1. The lowest BCUT2D eigenvalue weighted by Crippen LogP contribution is -2.41. The summed E-state index contributed by atoms with van der Waals surface area (Å²) in [5.74, 6) is -1.29. The average molecular weight is 351 g/mol. The number of aromatic amines is 1. The van der Waals surface area contributed by atoms with Gasteiger partial charge in [0.15, 0.2) is 0 Å². The zero-order chi connectivity index (χ0) is 18.1. The van der Waals surface area contributed by atoms with Gasteiger partial charge in [-0.1, -0.05) is 30.4 Å². The second-order valence-electron chi connectivity index (χ2n) is 6.88. The predicted octanol–water partition coefficient (Wildman–Crippen LogP) is 1.78. The molecule has 1 saturated heterocycles. The Morgan fingerprint density at radius 1 is 1.12 bits per heavy atom. The van der Waals surface area contributed by atoms with E-state index in [1.54, 1.807) is 0 Å². The average Bonchev–Trinajstić information content (AvgIpc) is 3.17. The van der Waals surface area contributed by atoms with Crippen LogP contribution in [0.1, 0.15) is 18.4 Å². The van der Waals surface area contributed by atoms with Crippen molar-refractivity contribution in [3.05, 3.63) is 48.2 Å². The van der Waals surface area contributed by atoms with E-state index in [4.69, 9.17) is 0 Å². The summed E-state index contributed by atoms with van der Waals surface area (Å²) >= 11 is 0. The van der Waals surface area contributed by atoms with Gasteiger partial charge in [0, 0.05) is 23.6 Å². The molecule has 2 unspecified atom stereocenters. The van der Waals surface area contributed by atoms with Crippen LogP contribution in [-0.4, -0.2) is 40.7 Å². The van der Waals surface area contributed by atoms with Crippen molar-refractivity contribution in [3.63, 3.8) is 0 Å². The molecule has 0 radical (unpaired) electrons. The molecule has 1 fully saturated rings. The molecule has 2 aliphatic rings. The monoisotopic (exact) mass is 351 g/mol. The molecule has 26 heavy (non-hydrogen) atoms. The molecular weight excluding hydrogens is 330 g/mol. The number of para-hydroxylation sites is 1. The number of nitrogens with zero attached hydrogens (tertiary/aromatic N) is 1. The molecule has 1 aromatic carbocycles. The summed E-state index contributed by atoms with van der Waals surface area (Å²) in [5, 5.41) is 3.96. The zero-order valence-electron chi connectivity index (χ0n) is 14.4. The molecule has 1 aliphatic carbocycles. The van der Waals surface area contributed by atoms with Gasteiger partial charge in [-0.15, -0.1) is 0 Å². The Morgan fingerprint density at radius 2 is 1.81 bits per heavy atom. The molecule has 0 bridgehead atoms. The molecule has 4 rings (SSSR count). The molecule has 0 saturated carbocycles. The van der Waals surface area contributed by atoms with E-state index < -0.39 is 0 Å². The zero-order valence-corrected chi connectivity index (χ0v) is 14.4. The van der Waals surface area contributed by atoms with Crippen LogP contribution in [0, 0.1) is 11.8 Å². The largest absolute Gasteiger partial charge is 0.361 e. The number of rotatable bonds is 5. The summed E-state index contributed by atoms with van der Waals surface area (Å²) in [6.07, 6.45) is 7.70. The number of carbonyl (C=O) groups excluding carboxylic acids is 3. The van der Waals surface area contributed by atoms with Crippen molar-refractivity contribution in [2.45, 2.75) is 19.3 Å². The minimum Gasteiger partial charge on any atom is -0.361 e. The minimum absolute atomic E-state index is 0.182. The Hall–Kier alpha value is -2.89. The molecule has 2 N–H and O–H groups in total. The third kappa shape index (κ3) is 2.92. The number of nitrogens with one attached hydrogen (secondary N) is 2. The maximum absolute atomic E-state index is 12.4. The quantitative estimate of drug-likeness (QED) is 0.636. The third-order valence-electron chi connectivity index (χ3n) is 5.29. The first-order chi connectivity index (χ1) is 12.6. The summed E-state index contributed by atoms with van der Waals surface area (Å²) in [6, 6.07) is 8.01. The van der Waals surface area contributed by atoms with Crippen LogP contribution in [0.25, 0.3) is 10.9 Å². The Morgan fingerprint density at radius 3 is 2.54 bits per heavy atom. The smallest absolute Gasteiger partial charge is 0.240 e. The van der Waals surface area contributed by atoms with E-state index in [0.717, 1.165) is 21.4 Å². The highest BCUT2D eigenvalue weighted by Crippen LogP contribution is 2.34. The number of amides is 3. The molecule has 2 atom stereocenters. The van der Waals surface area contributed by atoms with Gasteiger partial charge in [0.05, 0.1) is 11.8 Å². The van der Waals surface area contributed by atoms with E-state index in [1.165, 1.54) is 0 Å². The number of aromatic nitrogens is 1. The summed E-state index contributed by atoms with van der Waals surface area (Å²) in [7, 11) is 0. The maximum Gasteiger partial charge on any atom is 0.240 e. The second kappa shape index (κ2) is 6.78. The van der Waals surface area contributed by atoms with Crippen molar-refractivity contribution < 1.29 is 14.4 Å². The number of hydrogen-bond acceptors (Lipinski definition) is 3. The van der Waals surface area contributed by atoms with E-state index in [-0.39, 0.29) is 36.1 Å². The van der Waals surface area contributed by atoms with Gasteiger partial charge in [-0.2, -0.15) is 0 Å². The van der Waals surface area contributed by atoms with E-state index in [0.29, 0.717) is 25.8 Å². The van der Waals surface area contributed by atoms with Crippen LogP contribution in [0.5, 0.6) is 0 Å². The standard InChI is InChI=1S/C20H21N3O3/c24-18(12-23-19(25)15-6-1-2-7-16(15)20(23)26)21-10-9-13-11-22-17-8-4-3-5-14(13)17/h1-5,8,11,15-16,22H,6-7,9-10,12H2,(H,21,24). The van der Waals surface area contributed by atoms with Gasteiger partial charge < -0.3 is 10.3 Å². The lowest BCUT2D eigenvalue weighted by molar-refractivity contribution is -0.143. The molecule has 1 aromatic heterocycles. The molecular formula is C20H21N3O3. The first-order valence-corrected chi connectivity index (χ1v) is 8.97. The number of imide groups is 1. The van der Waals surface area contributed by atoms with Crippen LogP contribution >= 0.6 is 0 Å². The van der Waals surface area contributed by atoms with E-state index in [1.807, 2.05) is 42.6 Å². The Labute approximate surface area is 151 Å². The number of allylic oxidation sites excluding steroid dienone is 2. The lowest BCUT2D eigenvalue weighted by atomic mass is 9.85. The van der Waals surface area contributed by atoms with E-state index >= 15 is 0 Å². The van der Waals surface area contributed by atoms with Crippen LogP contribution in [0.4, 0.5) is 0 Å². The molecule has 2 heterocycles. The first kappa shape index (κ1) is 16.6. The highest BCUT2D eigenvalue weighted by Gasteiger charge is 2.47. The van der Waals surface area contributed by atoms with Gasteiger partial charge in [-0.3, -0.25) is 19.3 Å². The van der Waals surface area contributed by atoms with Crippen LogP contribution in [0.3, 0.4) is 0 Å². The fraction of sp³-hybridized carbons (Fsp3) is 0.350. The van der Waals surface area contributed by atoms with Crippen molar-refractivity contribution in [2.75, 3.05) is 13.1 Å². The maximum atomic E-state index is 12.4. The molecule has 6 nitrogen and oxygen atoms in total. The highest BCUT2D eigenvalue weighted by molar-refractivity contribution is 6.07. The number of H-pyrrole nitrogens is 1. The normalized spacial score (nSPS) is 22.1. The third-order valence-corrected chi connectivity index (χ3v) is 5.29. The van der Waals surface area contributed by atoms with Gasteiger partial charge >= 0.3 is 0 Å². The number of carbonyl (C=O) groups is 3. The van der Waals surface area contributed by atoms with Gasteiger partial charge in [0.1, 0.15) is 6.54 Å². The number of likely N-dealkylation sites (tertiary alicyclic amines) is 1. The van der Waals surface area contributed by atoms with E-state index in [9.17, 15) is 14.4 Å². The second-order valence-corrected chi connectivity index (χ2v) is 6.88. The van der Waals surface area contributed by atoms with Gasteiger partial charge in [-0.05, 0) is 30.9 Å². The van der Waals surface area contributed by atoms with Crippen LogP contribution in [0.15, 0.2) is 42.6 Å². The van der Waals surface area contributed by atoms with Crippen LogP contribution < -0.4 is 5.32 Å². The van der Waals surface area contributed by atoms with E-state index in [2.05, 4.69) is 10.3 Å². The van der Waals surface area contributed by atoms with Crippen molar-refractivity contribution in [1.82, 2.24) is 15.2 Å². The van der Waals surface area contributed by atoms with Gasteiger partial charge in [-0.25, -0.2) is 0 Å². The molecule has 1 aliphatic heterocycles. The SMILES string of the molecule is O=C(CN1C(=O)C2CC=CCC2C1=O)NCCc1c[nH]c2ccccc12. The summed E-state index contributed by atoms with van der Waals surface area (Å²) < 4.78 is 0. The van der Waals surface area contributed by atoms with Crippen molar-refractivity contribution in [1.29, 1.82) is 0 Å². The Bertz CT molecular complexity index is 873. The Kier molecular flexibility index (Phi) is 4.32. The highest BCUT2D eigenvalue weighted by atomic mass is 16.2. The molecule has 6 heteroatoms. The van der Waals surface area contributed by atoms with Gasteiger partial charge in [0.2, 0.25) is 17.7 Å². The van der Waals surface area contributed by atoms with Crippen LogP contribution in [0.2, 0.25) is 0 Å². The topological polar surface area (TPSA) is 82.3 Å². The minimum atomic E-state index is -0.293. The fourth-order valence-corrected chi connectivity index (χ4v) is 3.90. The molecule has 2 aromatic rings. The molecule has 3 amide bonds. The fourth-order valence-electron chi connectivity index (χ4n) is 3.90. The van der Waals surface area contributed by atoms with Crippen molar-refractivity contribution in [2.24, 2.45) is 11.8 Å². The first-order valence-electron chi connectivity index (χ1n) is 8.97. The van der Waals surface area contributed by atoms with Crippen molar-refractivity contribution in [3.8, 4) is 0 Å². The lowest BCUT2D eigenvalue weighted by Gasteiger charge is -2.14. The summed E-state index contributed by atoms with van der Waals surface area (Å²) in [5.41, 5.74) is 2.20.